The van der Waals surface area contributed by atoms with Crippen LogP contribution in [0.4, 0.5) is 15.8 Å². The zero-order chi connectivity index (χ0) is 26.0. The Morgan fingerprint density at radius 3 is 2.44 bits per heavy atom. The molecule has 0 spiro atoms. The number of likely N-dealkylation sites (N-methyl/N-ethyl adjacent to an activating group) is 1. The molecule has 7 nitrogen and oxygen atoms in total. The summed E-state index contributed by atoms with van der Waals surface area (Å²) in [6.07, 6.45) is 0. The smallest absolute Gasteiger partial charge is 0.251 e. The Balaban J connectivity index is 1.85. The van der Waals surface area contributed by atoms with Crippen LogP contribution >= 0.6 is 0 Å². The van der Waals surface area contributed by atoms with Crippen LogP contribution in [-0.4, -0.2) is 39.5 Å². The van der Waals surface area contributed by atoms with Crippen molar-refractivity contribution < 1.29 is 28.1 Å². The van der Waals surface area contributed by atoms with E-state index >= 15 is 0 Å². The second-order valence-electron chi connectivity index (χ2n) is 9.21. The van der Waals surface area contributed by atoms with Crippen LogP contribution in [0.1, 0.15) is 25.0 Å². The fourth-order valence-electron chi connectivity index (χ4n) is 4.42. The van der Waals surface area contributed by atoms with Gasteiger partial charge >= 0.3 is 0 Å². The van der Waals surface area contributed by atoms with Crippen molar-refractivity contribution in [2.24, 2.45) is 0 Å². The number of aryl methyl sites for hydroxylation is 1. The van der Waals surface area contributed by atoms with Crippen LogP contribution in [0, 0.1) is 12.7 Å². The highest BCUT2D eigenvalue weighted by Gasteiger charge is 2.38. The van der Waals surface area contributed by atoms with Crippen LogP contribution in [0.25, 0.3) is 11.1 Å². The molecule has 0 saturated carbocycles. The number of nitrogens with one attached hydrogen (secondary N) is 1. The first-order valence-corrected chi connectivity index (χ1v) is 11.6. The minimum Gasteiger partial charge on any atom is -0.496 e. The zero-order valence-electron chi connectivity index (χ0n) is 21.4. The van der Waals surface area contributed by atoms with Gasteiger partial charge in [0.15, 0.2) is 6.79 Å². The van der Waals surface area contributed by atoms with Gasteiger partial charge in [-0.2, -0.15) is 0 Å². The minimum absolute atomic E-state index is 0.0781. The highest BCUT2D eigenvalue weighted by molar-refractivity contribution is 6.08. The number of hydrogen-bond acceptors (Lipinski definition) is 6. The summed E-state index contributed by atoms with van der Waals surface area (Å²) in [5.74, 6) is 1.16. The van der Waals surface area contributed by atoms with Gasteiger partial charge in [0.1, 0.15) is 35.2 Å². The van der Waals surface area contributed by atoms with Gasteiger partial charge in [-0.15, -0.1) is 0 Å². The van der Waals surface area contributed by atoms with Crippen molar-refractivity contribution in [3.05, 3.63) is 65.5 Å². The van der Waals surface area contributed by atoms with Crippen LogP contribution in [0.15, 0.2) is 48.5 Å². The van der Waals surface area contributed by atoms with Gasteiger partial charge in [0.05, 0.1) is 18.5 Å². The van der Waals surface area contributed by atoms with E-state index in [0.717, 1.165) is 27.9 Å². The molecule has 4 rings (SSSR count). The molecule has 1 aliphatic heterocycles. The van der Waals surface area contributed by atoms with Crippen LogP contribution in [0.5, 0.6) is 17.2 Å². The maximum absolute atomic E-state index is 13.9. The van der Waals surface area contributed by atoms with Crippen molar-refractivity contribution >= 4 is 17.3 Å². The third-order valence-electron chi connectivity index (χ3n) is 6.23. The number of hydrogen-bond donors (Lipinski definition) is 1. The van der Waals surface area contributed by atoms with Crippen molar-refractivity contribution in [1.29, 1.82) is 0 Å². The van der Waals surface area contributed by atoms with Gasteiger partial charge in [-0.3, -0.25) is 4.79 Å². The number of rotatable bonds is 8. The van der Waals surface area contributed by atoms with Gasteiger partial charge in [0, 0.05) is 37.4 Å². The lowest BCUT2D eigenvalue weighted by atomic mass is 9.91. The second kappa shape index (κ2) is 10.1. The van der Waals surface area contributed by atoms with E-state index in [1.54, 1.807) is 38.3 Å². The fourth-order valence-corrected chi connectivity index (χ4v) is 4.42. The van der Waals surface area contributed by atoms with Crippen molar-refractivity contribution in [2.75, 3.05) is 38.3 Å². The summed E-state index contributed by atoms with van der Waals surface area (Å²) in [6.45, 7) is 5.76. The lowest BCUT2D eigenvalue weighted by Gasteiger charge is -2.39. The predicted molar refractivity (Wildman–Crippen MR) is 138 cm³/mol. The Labute approximate surface area is 210 Å². The van der Waals surface area contributed by atoms with Crippen molar-refractivity contribution in [2.45, 2.75) is 32.9 Å². The molecular formula is C28H31FN2O5. The number of benzene rings is 3. The molecule has 0 bridgehead atoms. The van der Waals surface area contributed by atoms with Gasteiger partial charge in [-0.1, -0.05) is 12.1 Å². The minimum atomic E-state index is -0.765. The lowest BCUT2D eigenvalue weighted by Crippen LogP contribution is -2.52. The number of carbonyl (C=O) groups is 1. The van der Waals surface area contributed by atoms with Crippen LogP contribution < -0.4 is 24.4 Å². The summed E-state index contributed by atoms with van der Waals surface area (Å²) in [5, 5.41) is 3.34. The van der Waals surface area contributed by atoms with E-state index in [1.165, 1.54) is 12.1 Å². The van der Waals surface area contributed by atoms with Crippen molar-refractivity contribution in [3.8, 4) is 28.4 Å². The molecule has 1 amide bonds. The van der Waals surface area contributed by atoms with Crippen molar-refractivity contribution in [1.82, 2.24) is 0 Å². The van der Waals surface area contributed by atoms with E-state index in [0.29, 0.717) is 22.9 Å². The van der Waals surface area contributed by atoms with Gasteiger partial charge in [-0.25, -0.2) is 4.39 Å². The van der Waals surface area contributed by atoms with E-state index in [-0.39, 0.29) is 25.1 Å². The Morgan fingerprint density at radius 1 is 0.972 bits per heavy atom. The van der Waals surface area contributed by atoms with E-state index < -0.39 is 5.54 Å². The topological polar surface area (TPSA) is 69.3 Å². The number of carbonyl (C=O) groups excluding carboxylic acids is 1. The Morgan fingerprint density at radius 2 is 1.72 bits per heavy atom. The summed E-state index contributed by atoms with van der Waals surface area (Å²) in [4.78, 5) is 14.8. The van der Waals surface area contributed by atoms with Gasteiger partial charge in [0.2, 0.25) is 0 Å². The Hall–Kier alpha value is -3.78. The highest BCUT2D eigenvalue weighted by atomic mass is 19.1. The molecule has 1 aliphatic rings. The van der Waals surface area contributed by atoms with Crippen LogP contribution in [0.2, 0.25) is 0 Å². The molecule has 1 heterocycles. The lowest BCUT2D eigenvalue weighted by molar-refractivity contribution is -0.121. The standard InChI is InChI=1S/C28H31FN2O5/c1-17-7-8-18(29)13-24(17)35-15-22-20(21-10-9-19(36-16-33-5)14-25(21)34-6)11-12-23-26(22)31(4)27(32)28(2,3)30-23/h7-14,30H,15-16H2,1-6H3. The summed E-state index contributed by atoms with van der Waals surface area (Å²) < 4.78 is 36.3. The summed E-state index contributed by atoms with van der Waals surface area (Å²) >= 11 is 0. The average molecular weight is 495 g/mol. The molecule has 36 heavy (non-hydrogen) atoms. The first-order chi connectivity index (χ1) is 17.2. The van der Waals surface area contributed by atoms with E-state index in [4.69, 9.17) is 18.9 Å². The second-order valence-corrected chi connectivity index (χ2v) is 9.21. The van der Waals surface area contributed by atoms with Crippen LogP contribution in [0.3, 0.4) is 0 Å². The molecule has 8 heteroatoms. The Kier molecular flexibility index (Phi) is 7.08. The highest BCUT2D eigenvalue weighted by Crippen LogP contribution is 2.45. The average Bonchev–Trinajstić information content (AvgIpc) is 2.86. The number of anilines is 2. The van der Waals surface area contributed by atoms with E-state index in [1.807, 2.05) is 45.0 Å². The SMILES string of the molecule is COCOc1ccc(-c2ccc3c(c2COc2cc(F)ccc2C)N(C)C(=O)C(C)(C)N3)c(OC)c1. The number of halogens is 1. The van der Waals surface area contributed by atoms with E-state index in [2.05, 4.69) is 5.32 Å². The zero-order valence-corrected chi connectivity index (χ0v) is 21.4. The molecule has 0 unspecified atom stereocenters. The molecule has 3 aromatic carbocycles. The number of nitrogens with zero attached hydrogens (tertiary/aromatic N) is 1. The van der Waals surface area contributed by atoms with Gasteiger partial charge in [-0.05, 0) is 56.2 Å². The molecule has 0 saturated heterocycles. The summed E-state index contributed by atoms with van der Waals surface area (Å²) in [6, 6.07) is 13.9. The maximum atomic E-state index is 13.9. The van der Waals surface area contributed by atoms with E-state index in [9.17, 15) is 9.18 Å². The molecule has 0 radical (unpaired) electrons. The number of methoxy groups -OCH3 is 2. The normalized spacial score (nSPS) is 14.2. The van der Waals surface area contributed by atoms with Crippen molar-refractivity contribution in [3.63, 3.8) is 0 Å². The molecule has 3 aromatic rings. The molecule has 0 atom stereocenters. The molecule has 1 N–H and O–H groups in total. The quantitative estimate of drug-likeness (QED) is 0.415. The first-order valence-electron chi connectivity index (χ1n) is 11.6. The Bertz CT molecular complexity index is 1290. The summed E-state index contributed by atoms with van der Waals surface area (Å²) in [7, 11) is 4.89. The number of ether oxygens (including phenoxy) is 4. The monoisotopic (exact) mass is 494 g/mol. The number of amides is 1. The molecule has 0 fully saturated rings. The molecule has 0 aliphatic carbocycles. The summed E-state index contributed by atoms with van der Waals surface area (Å²) in [5.41, 5.74) is 3.93. The molecule has 190 valence electrons. The number of fused-ring (bicyclic) bond motifs is 1. The first kappa shape index (κ1) is 25.3. The maximum Gasteiger partial charge on any atom is 0.251 e. The predicted octanol–water partition coefficient (Wildman–Crippen LogP) is 5.54. The molecule has 0 aromatic heterocycles. The van der Waals surface area contributed by atoms with Gasteiger partial charge in [0.25, 0.3) is 5.91 Å². The third kappa shape index (κ3) is 4.81. The molecular weight excluding hydrogens is 463 g/mol. The third-order valence-corrected chi connectivity index (χ3v) is 6.23. The largest absolute Gasteiger partial charge is 0.496 e. The van der Waals surface area contributed by atoms with Gasteiger partial charge < -0.3 is 29.2 Å². The van der Waals surface area contributed by atoms with Crippen LogP contribution in [-0.2, 0) is 16.1 Å². The fraction of sp³-hybridized carbons (Fsp3) is 0.321.